The van der Waals surface area contributed by atoms with Gasteiger partial charge in [0, 0.05) is 5.92 Å². The van der Waals surface area contributed by atoms with E-state index >= 15 is 0 Å². The number of nitrogens with two attached hydrogens (primary N) is 1. The molecule has 0 radical (unpaired) electrons. The van der Waals surface area contributed by atoms with Gasteiger partial charge in [-0.2, -0.15) is 0 Å². The molecule has 3 heteroatoms. The molecule has 3 nitrogen and oxygen atoms in total. The van der Waals surface area contributed by atoms with Crippen LogP contribution in [0.3, 0.4) is 0 Å². The van der Waals surface area contributed by atoms with E-state index in [9.17, 15) is 4.79 Å². The van der Waals surface area contributed by atoms with E-state index in [1.807, 2.05) is 38.1 Å². The average Bonchev–Trinajstić information content (AvgIpc) is 2.27. The Hall–Kier alpha value is -1.35. The maximum absolute atomic E-state index is 11.6. The Bertz CT molecular complexity index is 330. The van der Waals surface area contributed by atoms with Gasteiger partial charge in [-0.15, -0.1) is 0 Å². The predicted molar refractivity (Wildman–Crippen MR) is 59.8 cm³/mol. The SMILES string of the molecule is COc1ccc(C(N)C(=O)C(C)C)cc1. The molecular weight excluding hydrogens is 190 g/mol. The summed E-state index contributed by atoms with van der Waals surface area (Å²) in [5, 5.41) is 0. The van der Waals surface area contributed by atoms with Crippen molar-refractivity contribution in [1.82, 2.24) is 0 Å². The van der Waals surface area contributed by atoms with Crippen LogP contribution in [0.4, 0.5) is 0 Å². The maximum atomic E-state index is 11.6. The van der Waals surface area contributed by atoms with Crippen LogP contribution in [-0.4, -0.2) is 12.9 Å². The number of Topliss-reactive ketones (excluding diaryl/α,β-unsaturated/α-hetero) is 1. The first-order valence-corrected chi connectivity index (χ1v) is 4.99. The molecule has 2 N–H and O–H groups in total. The van der Waals surface area contributed by atoms with Crippen LogP contribution in [0.1, 0.15) is 25.5 Å². The quantitative estimate of drug-likeness (QED) is 0.820. The van der Waals surface area contributed by atoms with E-state index in [0.29, 0.717) is 0 Å². The van der Waals surface area contributed by atoms with Crippen molar-refractivity contribution in [3.63, 3.8) is 0 Å². The zero-order chi connectivity index (χ0) is 11.4. The van der Waals surface area contributed by atoms with Gasteiger partial charge in [0.15, 0.2) is 5.78 Å². The topological polar surface area (TPSA) is 52.3 Å². The summed E-state index contributed by atoms with van der Waals surface area (Å²) < 4.78 is 5.03. The fourth-order valence-electron chi connectivity index (χ4n) is 1.33. The first-order chi connectivity index (χ1) is 7.06. The molecular formula is C12H17NO2. The van der Waals surface area contributed by atoms with Gasteiger partial charge in [-0.25, -0.2) is 0 Å². The Kier molecular flexibility index (Phi) is 3.86. The number of carbonyl (C=O) groups excluding carboxylic acids is 1. The van der Waals surface area contributed by atoms with Crippen LogP contribution in [0.25, 0.3) is 0 Å². The standard InChI is InChI=1S/C12H17NO2/c1-8(2)12(14)11(13)9-4-6-10(15-3)7-5-9/h4-8,11H,13H2,1-3H3. The molecule has 82 valence electrons. The molecule has 0 spiro atoms. The summed E-state index contributed by atoms with van der Waals surface area (Å²) in [6.07, 6.45) is 0. The van der Waals surface area contributed by atoms with Gasteiger partial charge in [0.05, 0.1) is 13.2 Å². The van der Waals surface area contributed by atoms with Crippen molar-refractivity contribution in [2.75, 3.05) is 7.11 Å². The van der Waals surface area contributed by atoms with Crippen molar-refractivity contribution in [3.05, 3.63) is 29.8 Å². The van der Waals surface area contributed by atoms with Crippen LogP contribution in [0.15, 0.2) is 24.3 Å². The van der Waals surface area contributed by atoms with Crippen LogP contribution >= 0.6 is 0 Å². The van der Waals surface area contributed by atoms with E-state index in [0.717, 1.165) is 11.3 Å². The summed E-state index contributed by atoms with van der Waals surface area (Å²) >= 11 is 0. The number of rotatable bonds is 4. The van der Waals surface area contributed by atoms with Crippen LogP contribution in [0.5, 0.6) is 5.75 Å². The van der Waals surface area contributed by atoms with Gasteiger partial charge in [0.2, 0.25) is 0 Å². The third kappa shape index (κ3) is 2.80. The molecule has 0 saturated carbocycles. The van der Waals surface area contributed by atoms with Crippen molar-refractivity contribution in [2.24, 2.45) is 11.7 Å². The summed E-state index contributed by atoms with van der Waals surface area (Å²) in [5.41, 5.74) is 6.67. The van der Waals surface area contributed by atoms with E-state index in [2.05, 4.69) is 0 Å². The second-order valence-electron chi connectivity index (χ2n) is 3.81. The molecule has 0 amide bonds. The fourth-order valence-corrected chi connectivity index (χ4v) is 1.33. The molecule has 1 atom stereocenters. The van der Waals surface area contributed by atoms with Crippen molar-refractivity contribution >= 4 is 5.78 Å². The highest BCUT2D eigenvalue weighted by molar-refractivity contribution is 5.86. The van der Waals surface area contributed by atoms with E-state index in [1.165, 1.54) is 0 Å². The Morgan fingerprint density at radius 1 is 1.27 bits per heavy atom. The number of benzene rings is 1. The smallest absolute Gasteiger partial charge is 0.156 e. The van der Waals surface area contributed by atoms with Gasteiger partial charge in [-0.1, -0.05) is 26.0 Å². The minimum Gasteiger partial charge on any atom is -0.497 e. The lowest BCUT2D eigenvalue weighted by molar-refractivity contribution is -0.123. The van der Waals surface area contributed by atoms with E-state index in [1.54, 1.807) is 7.11 Å². The lowest BCUT2D eigenvalue weighted by atomic mass is 9.96. The number of ketones is 1. The van der Waals surface area contributed by atoms with Gasteiger partial charge in [0.25, 0.3) is 0 Å². The zero-order valence-corrected chi connectivity index (χ0v) is 9.36. The zero-order valence-electron chi connectivity index (χ0n) is 9.36. The molecule has 0 aliphatic heterocycles. The predicted octanol–water partition coefficient (Wildman–Crippen LogP) is 1.92. The Labute approximate surface area is 90.2 Å². The van der Waals surface area contributed by atoms with Gasteiger partial charge in [0.1, 0.15) is 5.75 Å². The summed E-state index contributed by atoms with van der Waals surface area (Å²) in [6, 6.07) is 6.73. The summed E-state index contributed by atoms with van der Waals surface area (Å²) in [5.74, 6) is 0.783. The molecule has 0 fully saturated rings. The van der Waals surface area contributed by atoms with E-state index < -0.39 is 6.04 Å². The van der Waals surface area contributed by atoms with Gasteiger partial charge < -0.3 is 10.5 Å². The highest BCUT2D eigenvalue weighted by Gasteiger charge is 2.18. The number of hydrogen-bond donors (Lipinski definition) is 1. The second-order valence-corrected chi connectivity index (χ2v) is 3.81. The highest BCUT2D eigenvalue weighted by atomic mass is 16.5. The lowest BCUT2D eigenvalue weighted by Crippen LogP contribution is -2.25. The molecule has 0 saturated heterocycles. The highest BCUT2D eigenvalue weighted by Crippen LogP contribution is 2.18. The number of hydrogen-bond acceptors (Lipinski definition) is 3. The number of ether oxygens (including phenoxy) is 1. The van der Waals surface area contributed by atoms with Crippen LogP contribution in [-0.2, 0) is 4.79 Å². The second kappa shape index (κ2) is 4.94. The minimum absolute atomic E-state index is 0.0397. The first-order valence-electron chi connectivity index (χ1n) is 4.99. The van der Waals surface area contributed by atoms with Crippen LogP contribution < -0.4 is 10.5 Å². The average molecular weight is 207 g/mol. The molecule has 15 heavy (non-hydrogen) atoms. The largest absolute Gasteiger partial charge is 0.497 e. The van der Waals surface area contributed by atoms with Gasteiger partial charge in [-0.05, 0) is 17.7 Å². The summed E-state index contributed by atoms with van der Waals surface area (Å²) in [6.45, 7) is 3.71. The molecule has 0 bridgehead atoms. The Balaban J connectivity index is 2.82. The molecule has 0 heterocycles. The van der Waals surface area contributed by atoms with Gasteiger partial charge >= 0.3 is 0 Å². The Morgan fingerprint density at radius 2 is 1.80 bits per heavy atom. The third-order valence-electron chi connectivity index (χ3n) is 2.35. The number of carbonyl (C=O) groups is 1. The number of methoxy groups -OCH3 is 1. The molecule has 1 rings (SSSR count). The normalized spacial score (nSPS) is 12.6. The minimum atomic E-state index is -0.532. The molecule has 1 aromatic rings. The van der Waals surface area contributed by atoms with Crippen LogP contribution in [0, 0.1) is 5.92 Å². The molecule has 0 aliphatic rings. The molecule has 0 aromatic heterocycles. The Morgan fingerprint density at radius 3 is 2.20 bits per heavy atom. The first kappa shape index (κ1) is 11.7. The monoisotopic (exact) mass is 207 g/mol. The maximum Gasteiger partial charge on any atom is 0.156 e. The third-order valence-corrected chi connectivity index (χ3v) is 2.35. The summed E-state index contributed by atoms with van der Waals surface area (Å²) in [4.78, 5) is 11.6. The molecule has 1 unspecified atom stereocenters. The summed E-state index contributed by atoms with van der Waals surface area (Å²) in [7, 11) is 1.61. The lowest BCUT2D eigenvalue weighted by Gasteiger charge is -2.13. The molecule has 0 aliphatic carbocycles. The van der Waals surface area contributed by atoms with Crippen LogP contribution in [0.2, 0.25) is 0 Å². The fraction of sp³-hybridized carbons (Fsp3) is 0.417. The molecule has 1 aromatic carbocycles. The van der Waals surface area contributed by atoms with Crippen molar-refractivity contribution in [2.45, 2.75) is 19.9 Å². The van der Waals surface area contributed by atoms with E-state index in [4.69, 9.17) is 10.5 Å². The van der Waals surface area contributed by atoms with Crippen molar-refractivity contribution in [3.8, 4) is 5.75 Å². The van der Waals surface area contributed by atoms with Gasteiger partial charge in [-0.3, -0.25) is 4.79 Å². The van der Waals surface area contributed by atoms with E-state index in [-0.39, 0.29) is 11.7 Å². The van der Waals surface area contributed by atoms with Crippen molar-refractivity contribution in [1.29, 1.82) is 0 Å². The van der Waals surface area contributed by atoms with Crippen molar-refractivity contribution < 1.29 is 9.53 Å².